The number of carbonyl (C=O) groups is 1. The second-order valence-electron chi connectivity index (χ2n) is 3.07. The van der Waals surface area contributed by atoms with Gasteiger partial charge in [0, 0.05) is 23.1 Å². The zero-order valence-corrected chi connectivity index (χ0v) is 8.71. The van der Waals surface area contributed by atoms with Gasteiger partial charge < -0.3 is 15.3 Å². The minimum absolute atomic E-state index is 0.0298. The first-order valence-electron chi connectivity index (χ1n) is 4.24. The maximum Gasteiger partial charge on any atom is 0.372 e. The van der Waals surface area contributed by atoms with E-state index in [0.717, 1.165) is 5.75 Å². The van der Waals surface area contributed by atoms with Crippen LogP contribution in [0, 0.1) is 0 Å². The van der Waals surface area contributed by atoms with Crippen LogP contribution in [0.2, 0.25) is 0 Å². The van der Waals surface area contributed by atoms with Gasteiger partial charge in [0.1, 0.15) is 0 Å². The molecule has 0 radical (unpaired) electrons. The smallest absolute Gasteiger partial charge is 0.372 e. The lowest BCUT2D eigenvalue weighted by atomic mass is 10.3. The molecule has 0 aliphatic rings. The highest BCUT2D eigenvalue weighted by molar-refractivity contribution is 7.98. The van der Waals surface area contributed by atoms with Crippen LogP contribution in [0.15, 0.2) is 16.7 Å². The van der Waals surface area contributed by atoms with Crippen LogP contribution in [0.5, 0.6) is 0 Å². The fraction of sp³-hybridized carbons (Fsp3) is 0.444. The van der Waals surface area contributed by atoms with Crippen LogP contribution in [0.1, 0.15) is 23.0 Å². The summed E-state index contributed by atoms with van der Waals surface area (Å²) in [5.74, 6) is 0.442. The van der Waals surface area contributed by atoms with Crippen LogP contribution in [-0.4, -0.2) is 22.9 Å². The minimum atomic E-state index is -1.02. The number of nitrogens with two attached hydrogens (primary N) is 1. The number of furan rings is 1. The van der Waals surface area contributed by atoms with Crippen molar-refractivity contribution in [2.45, 2.75) is 18.7 Å². The highest BCUT2D eigenvalue weighted by Crippen LogP contribution is 2.18. The number of carboxylic acids is 1. The Morgan fingerprint density at radius 2 is 2.50 bits per heavy atom. The maximum atomic E-state index is 10.7. The van der Waals surface area contributed by atoms with E-state index in [2.05, 4.69) is 0 Å². The molecule has 0 aromatic carbocycles. The van der Waals surface area contributed by atoms with E-state index in [1.54, 1.807) is 17.8 Å². The molecule has 5 heteroatoms. The summed E-state index contributed by atoms with van der Waals surface area (Å²) in [7, 11) is 0. The van der Waals surface area contributed by atoms with E-state index >= 15 is 0 Å². The molecule has 14 heavy (non-hydrogen) atoms. The zero-order chi connectivity index (χ0) is 10.6. The van der Waals surface area contributed by atoms with Crippen molar-refractivity contribution in [1.82, 2.24) is 0 Å². The molecule has 1 unspecified atom stereocenters. The standard InChI is InChI=1S/C9H13NO3S/c1-6(10)4-14-5-7-2-3-13-8(7)9(11)12/h2-3,6H,4-5,10H2,1H3,(H,11,12). The van der Waals surface area contributed by atoms with Crippen molar-refractivity contribution in [3.8, 4) is 0 Å². The molecule has 0 fully saturated rings. The van der Waals surface area contributed by atoms with E-state index in [0.29, 0.717) is 11.3 Å². The lowest BCUT2D eigenvalue weighted by Crippen LogP contribution is -2.17. The van der Waals surface area contributed by atoms with Crippen molar-refractivity contribution in [2.24, 2.45) is 5.73 Å². The van der Waals surface area contributed by atoms with E-state index < -0.39 is 5.97 Å². The first-order valence-corrected chi connectivity index (χ1v) is 5.39. The van der Waals surface area contributed by atoms with Gasteiger partial charge in [0.25, 0.3) is 0 Å². The Kier molecular flexibility index (Phi) is 4.03. The monoisotopic (exact) mass is 215 g/mol. The quantitative estimate of drug-likeness (QED) is 0.779. The third kappa shape index (κ3) is 3.08. The van der Waals surface area contributed by atoms with Crippen LogP contribution in [0.3, 0.4) is 0 Å². The lowest BCUT2D eigenvalue weighted by Gasteiger charge is -2.03. The van der Waals surface area contributed by atoms with Crippen LogP contribution >= 0.6 is 11.8 Å². The third-order valence-corrected chi connectivity index (χ3v) is 2.86. The van der Waals surface area contributed by atoms with Gasteiger partial charge in [-0.1, -0.05) is 0 Å². The molecule has 1 aromatic heterocycles. The van der Waals surface area contributed by atoms with E-state index in [9.17, 15) is 4.79 Å². The molecule has 1 rings (SSSR count). The summed E-state index contributed by atoms with van der Waals surface area (Å²) in [5.41, 5.74) is 6.28. The molecule has 0 spiro atoms. The van der Waals surface area contributed by atoms with Crippen molar-refractivity contribution in [2.75, 3.05) is 5.75 Å². The summed E-state index contributed by atoms with van der Waals surface area (Å²) >= 11 is 1.60. The van der Waals surface area contributed by atoms with E-state index in [1.165, 1.54) is 6.26 Å². The number of carboxylic acid groups (broad SMARTS) is 1. The number of aromatic carboxylic acids is 1. The van der Waals surface area contributed by atoms with E-state index in [4.69, 9.17) is 15.3 Å². The highest BCUT2D eigenvalue weighted by atomic mass is 32.2. The fourth-order valence-corrected chi connectivity index (χ4v) is 1.93. The SMILES string of the molecule is CC(N)CSCc1ccoc1C(=O)O. The first kappa shape index (κ1) is 11.1. The minimum Gasteiger partial charge on any atom is -0.475 e. The summed E-state index contributed by atoms with van der Waals surface area (Å²) in [6.07, 6.45) is 1.39. The molecular weight excluding hydrogens is 202 g/mol. The van der Waals surface area contributed by atoms with Crippen molar-refractivity contribution in [3.05, 3.63) is 23.7 Å². The maximum absolute atomic E-state index is 10.7. The summed E-state index contributed by atoms with van der Waals surface area (Å²) in [5, 5.41) is 8.74. The predicted octanol–water partition coefficient (Wildman–Crippen LogP) is 1.56. The molecule has 3 N–H and O–H groups in total. The summed E-state index contributed by atoms with van der Waals surface area (Å²) in [6.45, 7) is 1.92. The zero-order valence-electron chi connectivity index (χ0n) is 7.90. The molecular formula is C9H13NO3S. The van der Waals surface area contributed by atoms with E-state index in [-0.39, 0.29) is 11.8 Å². The number of thioether (sulfide) groups is 1. The lowest BCUT2D eigenvalue weighted by molar-refractivity contribution is 0.0661. The largest absolute Gasteiger partial charge is 0.475 e. The number of hydrogen-bond donors (Lipinski definition) is 2. The molecule has 1 heterocycles. The van der Waals surface area contributed by atoms with Gasteiger partial charge in [-0.25, -0.2) is 4.79 Å². The molecule has 1 aromatic rings. The Morgan fingerprint density at radius 3 is 3.07 bits per heavy atom. The van der Waals surface area contributed by atoms with Gasteiger partial charge in [0.15, 0.2) is 0 Å². The topological polar surface area (TPSA) is 76.5 Å². The van der Waals surface area contributed by atoms with Crippen molar-refractivity contribution >= 4 is 17.7 Å². The van der Waals surface area contributed by atoms with Crippen LogP contribution in [-0.2, 0) is 5.75 Å². The van der Waals surface area contributed by atoms with Gasteiger partial charge >= 0.3 is 5.97 Å². The molecule has 0 saturated heterocycles. The second kappa shape index (κ2) is 5.07. The second-order valence-corrected chi connectivity index (χ2v) is 4.10. The summed E-state index contributed by atoms with van der Waals surface area (Å²) in [4.78, 5) is 10.7. The van der Waals surface area contributed by atoms with Gasteiger partial charge in [0.2, 0.25) is 5.76 Å². The van der Waals surface area contributed by atoms with Gasteiger partial charge in [-0.3, -0.25) is 0 Å². The van der Waals surface area contributed by atoms with Gasteiger partial charge in [0.05, 0.1) is 6.26 Å². The molecule has 0 saturated carbocycles. The van der Waals surface area contributed by atoms with Crippen molar-refractivity contribution in [1.29, 1.82) is 0 Å². The molecule has 1 atom stereocenters. The average molecular weight is 215 g/mol. The molecule has 78 valence electrons. The summed E-state index contributed by atoms with van der Waals surface area (Å²) in [6, 6.07) is 1.80. The van der Waals surface area contributed by atoms with Gasteiger partial charge in [-0.15, -0.1) is 0 Å². The number of rotatable bonds is 5. The van der Waals surface area contributed by atoms with Crippen LogP contribution in [0.4, 0.5) is 0 Å². The Labute approximate surface area is 86.5 Å². The molecule has 0 aliphatic carbocycles. The molecule has 4 nitrogen and oxygen atoms in total. The molecule has 0 aliphatic heterocycles. The predicted molar refractivity (Wildman–Crippen MR) is 55.5 cm³/mol. The van der Waals surface area contributed by atoms with Crippen LogP contribution < -0.4 is 5.73 Å². The number of hydrogen-bond acceptors (Lipinski definition) is 4. The first-order chi connectivity index (χ1) is 6.61. The highest BCUT2D eigenvalue weighted by Gasteiger charge is 2.13. The summed E-state index contributed by atoms with van der Waals surface area (Å²) < 4.78 is 4.84. The Balaban J connectivity index is 2.50. The average Bonchev–Trinajstić information content (AvgIpc) is 2.51. The Morgan fingerprint density at radius 1 is 1.79 bits per heavy atom. The molecule has 0 amide bonds. The Bertz CT molecular complexity index is 309. The van der Waals surface area contributed by atoms with Crippen molar-refractivity contribution < 1.29 is 14.3 Å². The third-order valence-electron chi connectivity index (χ3n) is 1.58. The Hall–Kier alpha value is -0.940. The van der Waals surface area contributed by atoms with Crippen molar-refractivity contribution in [3.63, 3.8) is 0 Å². The van der Waals surface area contributed by atoms with Gasteiger partial charge in [-0.05, 0) is 13.0 Å². The molecule has 0 bridgehead atoms. The van der Waals surface area contributed by atoms with Gasteiger partial charge in [-0.2, -0.15) is 11.8 Å². The normalized spacial score (nSPS) is 12.7. The van der Waals surface area contributed by atoms with Crippen LogP contribution in [0.25, 0.3) is 0 Å². The van der Waals surface area contributed by atoms with E-state index in [1.807, 2.05) is 6.92 Å². The fourth-order valence-electron chi connectivity index (χ4n) is 0.992.